The molecule has 0 spiro atoms. The second kappa shape index (κ2) is 10.9. The number of benzene rings is 1. The number of likely N-dealkylation sites (N-methyl/N-ethyl adjacent to an activating group) is 1. The summed E-state index contributed by atoms with van der Waals surface area (Å²) in [6, 6.07) is 16.3. The van der Waals surface area contributed by atoms with Crippen molar-refractivity contribution in [1.82, 2.24) is 14.9 Å². The Bertz CT molecular complexity index is 1130. The Hall–Kier alpha value is -3.96. The van der Waals surface area contributed by atoms with Crippen LogP contribution in [0.5, 0.6) is 0 Å². The predicted molar refractivity (Wildman–Crippen MR) is 122 cm³/mol. The number of carboxylic acids is 2. The van der Waals surface area contributed by atoms with Gasteiger partial charge < -0.3 is 20.0 Å². The fraction of sp³-hybridized carbons (Fsp3) is 0.250. The summed E-state index contributed by atoms with van der Waals surface area (Å²) in [5.41, 5.74) is 1.56. The molecule has 3 aromatic rings. The molecule has 0 unspecified atom stereocenters. The minimum atomic E-state index is -1.82. The van der Waals surface area contributed by atoms with Gasteiger partial charge >= 0.3 is 11.9 Å². The van der Waals surface area contributed by atoms with E-state index in [-0.39, 0.29) is 0 Å². The Labute approximate surface area is 186 Å². The van der Waals surface area contributed by atoms with E-state index in [0.717, 1.165) is 49.9 Å². The first-order chi connectivity index (χ1) is 15.5. The van der Waals surface area contributed by atoms with E-state index in [9.17, 15) is 0 Å². The Kier molecular flexibility index (Phi) is 7.73. The van der Waals surface area contributed by atoms with Gasteiger partial charge in [-0.2, -0.15) is 0 Å². The highest BCUT2D eigenvalue weighted by molar-refractivity contribution is 6.27. The van der Waals surface area contributed by atoms with E-state index < -0.39 is 11.9 Å². The first kappa shape index (κ1) is 22.7. The third kappa shape index (κ3) is 6.03. The first-order valence-electron chi connectivity index (χ1n) is 10.2. The molecule has 8 heteroatoms. The summed E-state index contributed by atoms with van der Waals surface area (Å²) in [7, 11) is 0. The number of fused-ring (bicyclic) bond motifs is 1. The van der Waals surface area contributed by atoms with E-state index in [1.165, 1.54) is 10.8 Å². The minimum absolute atomic E-state index is 0.764. The average Bonchev–Trinajstić information content (AvgIpc) is 2.83. The predicted octanol–water partition coefficient (Wildman–Crippen LogP) is 2.33. The molecule has 0 saturated carbocycles. The number of pyridine rings is 2. The molecule has 164 valence electrons. The summed E-state index contributed by atoms with van der Waals surface area (Å²) in [4.78, 5) is 32.2. The smallest absolute Gasteiger partial charge is 0.414 e. The highest BCUT2D eigenvalue weighted by Gasteiger charge is 2.19. The van der Waals surface area contributed by atoms with Gasteiger partial charge in [-0.05, 0) is 42.0 Å². The SMILES string of the molecule is CCN1CCN(c2nc(C#Cc3ccccn3)cc3ccccc23)CC1.O=C(O)C(=O)O. The van der Waals surface area contributed by atoms with Gasteiger partial charge in [0.15, 0.2) is 0 Å². The summed E-state index contributed by atoms with van der Waals surface area (Å²) >= 11 is 0. The van der Waals surface area contributed by atoms with Gasteiger partial charge in [-0.3, -0.25) is 0 Å². The molecule has 1 fully saturated rings. The minimum Gasteiger partial charge on any atom is -0.473 e. The lowest BCUT2D eigenvalue weighted by Gasteiger charge is -2.35. The second-order valence-corrected chi connectivity index (χ2v) is 7.05. The Morgan fingerprint density at radius 3 is 2.22 bits per heavy atom. The number of hydrogen-bond acceptors (Lipinski definition) is 6. The van der Waals surface area contributed by atoms with Crippen LogP contribution < -0.4 is 4.90 Å². The quantitative estimate of drug-likeness (QED) is 0.469. The molecule has 1 saturated heterocycles. The van der Waals surface area contributed by atoms with Gasteiger partial charge in [0, 0.05) is 37.8 Å². The third-order valence-electron chi connectivity index (χ3n) is 5.01. The zero-order valence-corrected chi connectivity index (χ0v) is 17.7. The Morgan fingerprint density at radius 2 is 1.59 bits per heavy atom. The van der Waals surface area contributed by atoms with Crippen LogP contribution in [0.4, 0.5) is 5.82 Å². The molecule has 0 atom stereocenters. The van der Waals surface area contributed by atoms with Crippen LogP contribution in [0.1, 0.15) is 18.3 Å². The van der Waals surface area contributed by atoms with Gasteiger partial charge in [0.05, 0.1) is 0 Å². The van der Waals surface area contributed by atoms with E-state index in [1.54, 1.807) is 6.20 Å². The molecule has 0 amide bonds. The van der Waals surface area contributed by atoms with Crippen molar-refractivity contribution < 1.29 is 19.8 Å². The maximum atomic E-state index is 9.10. The van der Waals surface area contributed by atoms with Crippen LogP contribution in [-0.4, -0.2) is 69.7 Å². The maximum absolute atomic E-state index is 9.10. The van der Waals surface area contributed by atoms with Crippen molar-refractivity contribution in [1.29, 1.82) is 0 Å². The fourth-order valence-corrected chi connectivity index (χ4v) is 3.33. The van der Waals surface area contributed by atoms with Crippen LogP contribution in [0.3, 0.4) is 0 Å². The number of piperazine rings is 1. The van der Waals surface area contributed by atoms with Crippen LogP contribution in [0, 0.1) is 11.8 Å². The van der Waals surface area contributed by atoms with Gasteiger partial charge in [-0.1, -0.05) is 37.3 Å². The number of aliphatic carboxylic acids is 2. The molecule has 0 radical (unpaired) electrons. The zero-order valence-electron chi connectivity index (χ0n) is 17.7. The third-order valence-corrected chi connectivity index (χ3v) is 5.01. The van der Waals surface area contributed by atoms with Crippen LogP contribution in [-0.2, 0) is 9.59 Å². The largest absolute Gasteiger partial charge is 0.473 e. The first-order valence-corrected chi connectivity index (χ1v) is 10.2. The van der Waals surface area contributed by atoms with Crippen LogP contribution >= 0.6 is 0 Å². The molecule has 32 heavy (non-hydrogen) atoms. The normalized spacial score (nSPS) is 13.5. The highest BCUT2D eigenvalue weighted by atomic mass is 16.4. The van der Waals surface area contributed by atoms with Crippen molar-refractivity contribution in [3.8, 4) is 11.8 Å². The molecule has 0 aliphatic carbocycles. The lowest BCUT2D eigenvalue weighted by molar-refractivity contribution is -0.159. The van der Waals surface area contributed by atoms with Crippen molar-refractivity contribution >= 4 is 28.5 Å². The number of hydrogen-bond donors (Lipinski definition) is 2. The Morgan fingerprint density at radius 1 is 0.938 bits per heavy atom. The molecule has 3 heterocycles. The number of carbonyl (C=O) groups is 2. The summed E-state index contributed by atoms with van der Waals surface area (Å²) < 4.78 is 0. The zero-order chi connectivity index (χ0) is 22.9. The topological polar surface area (TPSA) is 107 Å². The summed E-state index contributed by atoms with van der Waals surface area (Å²) in [6.45, 7) is 7.49. The molecule has 4 rings (SSSR count). The fourth-order valence-electron chi connectivity index (χ4n) is 3.33. The number of carboxylic acid groups (broad SMARTS) is 2. The lowest BCUT2D eigenvalue weighted by atomic mass is 10.1. The monoisotopic (exact) mass is 432 g/mol. The van der Waals surface area contributed by atoms with Gasteiger partial charge in [0.2, 0.25) is 0 Å². The highest BCUT2D eigenvalue weighted by Crippen LogP contribution is 2.26. The molecule has 1 aliphatic heterocycles. The number of anilines is 1. The van der Waals surface area contributed by atoms with Crippen molar-refractivity contribution in [2.75, 3.05) is 37.6 Å². The number of rotatable bonds is 2. The molecule has 2 aromatic heterocycles. The van der Waals surface area contributed by atoms with E-state index in [2.05, 4.69) is 63.9 Å². The lowest BCUT2D eigenvalue weighted by Crippen LogP contribution is -2.46. The van der Waals surface area contributed by atoms with E-state index in [1.807, 2.05) is 18.2 Å². The summed E-state index contributed by atoms with van der Waals surface area (Å²) in [6.07, 6.45) is 1.76. The van der Waals surface area contributed by atoms with Crippen molar-refractivity contribution in [2.45, 2.75) is 6.92 Å². The molecule has 0 bridgehead atoms. The van der Waals surface area contributed by atoms with Crippen LogP contribution in [0.15, 0.2) is 54.7 Å². The molecular formula is C24H24N4O4. The van der Waals surface area contributed by atoms with Crippen LogP contribution in [0.25, 0.3) is 10.8 Å². The van der Waals surface area contributed by atoms with Crippen molar-refractivity contribution in [3.63, 3.8) is 0 Å². The summed E-state index contributed by atoms with van der Waals surface area (Å²) in [5, 5.41) is 17.2. The number of nitrogens with zero attached hydrogens (tertiary/aromatic N) is 4. The molecule has 1 aliphatic rings. The molecular weight excluding hydrogens is 408 g/mol. The van der Waals surface area contributed by atoms with E-state index >= 15 is 0 Å². The summed E-state index contributed by atoms with van der Waals surface area (Å²) in [5.74, 6) is 3.71. The maximum Gasteiger partial charge on any atom is 0.414 e. The number of aromatic nitrogens is 2. The molecule has 1 aromatic carbocycles. The Balaban J connectivity index is 0.000000427. The van der Waals surface area contributed by atoms with Crippen molar-refractivity contribution in [3.05, 3.63) is 66.1 Å². The van der Waals surface area contributed by atoms with Gasteiger partial charge in [0.1, 0.15) is 17.2 Å². The van der Waals surface area contributed by atoms with E-state index in [0.29, 0.717) is 0 Å². The van der Waals surface area contributed by atoms with Crippen LogP contribution in [0.2, 0.25) is 0 Å². The standard InChI is InChI=1S/C22H22N4.C2H2O4/c1-2-25-13-15-26(16-14-25)22-21-9-4-3-7-18(21)17-20(24-22)11-10-19-8-5-6-12-23-19;3-1(4)2(5)6/h3-9,12,17H,2,13-16H2,1H3;(H,3,4)(H,5,6). The van der Waals surface area contributed by atoms with Gasteiger partial charge in [-0.25, -0.2) is 19.6 Å². The average molecular weight is 432 g/mol. The van der Waals surface area contributed by atoms with Gasteiger partial charge in [-0.15, -0.1) is 0 Å². The molecule has 8 nitrogen and oxygen atoms in total. The van der Waals surface area contributed by atoms with E-state index in [4.69, 9.17) is 24.8 Å². The molecule has 2 N–H and O–H groups in total. The second-order valence-electron chi connectivity index (χ2n) is 7.05. The van der Waals surface area contributed by atoms with Gasteiger partial charge in [0.25, 0.3) is 0 Å². The van der Waals surface area contributed by atoms with Crippen molar-refractivity contribution in [2.24, 2.45) is 0 Å².